The predicted octanol–water partition coefficient (Wildman–Crippen LogP) is 1.13. The molecule has 1 aromatic carbocycles. The van der Waals surface area contributed by atoms with Crippen molar-refractivity contribution in [3.8, 4) is 0 Å². The zero-order valence-electron chi connectivity index (χ0n) is 8.54. The molecule has 1 aliphatic rings. The lowest BCUT2D eigenvalue weighted by molar-refractivity contribution is 0.480. The molecule has 1 atom stereocenters. The van der Waals surface area contributed by atoms with Crippen molar-refractivity contribution in [3.05, 3.63) is 35.4 Å². The summed E-state index contributed by atoms with van der Waals surface area (Å²) in [6, 6.07) is 8.46. The second kappa shape index (κ2) is 3.01. The lowest BCUT2D eigenvalue weighted by Gasteiger charge is -2.24. The zero-order valence-corrected chi connectivity index (χ0v) is 8.54. The van der Waals surface area contributed by atoms with Crippen molar-refractivity contribution in [2.75, 3.05) is 6.54 Å². The van der Waals surface area contributed by atoms with E-state index in [1.54, 1.807) is 0 Å². The highest BCUT2D eigenvalue weighted by molar-refractivity contribution is 5.81. The van der Waals surface area contributed by atoms with Crippen LogP contribution in [0.5, 0.6) is 0 Å². The van der Waals surface area contributed by atoms with Gasteiger partial charge in [0.2, 0.25) is 0 Å². The van der Waals surface area contributed by atoms with Gasteiger partial charge in [0.15, 0.2) is 5.96 Å². The molecule has 0 saturated heterocycles. The third-order valence-corrected chi connectivity index (χ3v) is 2.66. The van der Waals surface area contributed by atoms with Crippen molar-refractivity contribution in [1.29, 1.82) is 0 Å². The maximum Gasteiger partial charge on any atom is 0.189 e. The fraction of sp³-hybridized carbons (Fsp3) is 0.364. The molecule has 1 unspecified atom stereocenters. The molecule has 3 nitrogen and oxygen atoms in total. The molecule has 0 amide bonds. The number of nitrogens with one attached hydrogen (secondary N) is 1. The molecule has 0 saturated carbocycles. The third-order valence-electron chi connectivity index (χ3n) is 2.66. The van der Waals surface area contributed by atoms with E-state index in [1.807, 2.05) is 0 Å². The third kappa shape index (κ3) is 1.45. The van der Waals surface area contributed by atoms with Crippen LogP contribution in [0, 0.1) is 6.92 Å². The van der Waals surface area contributed by atoms with E-state index < -0.39 is 0 Å². The van der Waals surface area contributed by atoms with Gasteiger partial charge in [-0.25, -0.2) is 0 Å². The van der Waals surface area contributed by atoms with E-state index in [1.165, 1.54) is 11.1 Å². The number of aliphatic imine (C=N–C) groups is 1. The highest BCUT2D eigenvalue weighted by Crippen LogP contribution is 2.24. The standard InChI is InChI=1S/C11H15N3/c1-8-3-5-9(6-4-8)11(2)7-13-10(12)14-11/h3-6H,7H2,1-2H3,(H3,12,13,14). The highest BCUT2D eigenvalue weighted by atomic mass is 15.2. The van der Waals surface area contributed by atoms with E-state index in [4.69, 9.17) is 5.73 Å². The van der Waals surface area contributed by atoms with E-state index >= 15 is 0 Å². The molecule has 0 radical (unpaired) electrons. The average Bonchev–Trinajstić information content (AvgIpc) is 2.48. The van der Waals surface area contributed by atoms with E-state index in [-0.39, 0.29) is 5.54 Å². The molecule has 1 aromatic rings. The van der Waals surface area contributed by atoms with Gasteiger partial charge in [-0.2, -0.15) is 0 Å². The number of rotatable bonds is 1. The minimum Gasteiger partial charge on any atom is -0.370 e. The highest BCUT2D eigenvalue weighted by Gasteiger charge is 2.30. The molecule has 3 N–H and O–H groups in total. The smallest absolute Gasteiger partial charge is 0.189 e. The first-order valence-electron chi connectivity index (χ1n) is 4.75. The maximum atomic E-state index is 5.62. The van der Waals surface area contributed by atoms with E-state index in [2.05, 4.69) is 48.4 Å². The first-order valence-corrected chi connectivity index (χ1v) is 4.75. The van der Waals surface area contributed by atoms with Crippen LogP contribution in [0.3, 0.4) is 0 Å². The number of guanidine groups is 1. The van der Waals surface area contributed by atoms with Gasteiger partial charge in [0.25, 0.3) is 0 Å². The normalized spacial score (nSPS) is 25.7. The van der Waals surface area contributed by atoms with Crippen LogP contribution in [0.2, 0.25) is 0 Å². The summed E-state index contributed by atoms with van der Waals surface area (Å²) < 4.78 is 0. The Hall–Kier alpha value is -1.51. The summed E-state index contributed by atoms with van der Waals surface area (Å²) in [4.78, 5) is 4.17. The first-order chi connectivity index (χ1) is 6.60. The van der Waals surface area contributed by atoms with Crippen LogP contribution in [0.25, 0.3) is 0 Å². The molecule has 0 spiro atoms. The fourth-order valence-corrected chi connectivity index (χ4v) is 1.69. The molecule has 1 aliphatic heterocycles. The second-order valence-corrected chi connectivity index (χ2v) is 4.02. The monoisotopic (exact) mass is 189 g/mol. The average molecular weight is 189 g/mol. The summed E-state index contributed by atoms with van der Waals surface area (Å²) in [6.45, 7) is 4.90. The number of hydrogen-bond acceptors (Lipinski definition) is 3. The van der Waals surface area contributed by atoms with Crippen LogP contribution in [0.4, 0.5) is 0 Å². The Morgan fingerprint density at radius 3 is 2.50 bits per heavy atom. The Morgan fingerprint density at radius 1 is 1.36 bits per heavy atom. The molecular formula is C11H15N3. The number of hydrogen-bond donors (Lipinski definition) is 2. The van der Waals surface area contributed by atoms with E-state index in [0.717, 1.165) is 0 Å². The summed E-state index contributed by atoms with van der Waals surface area (Å²) in [6.07, 6.45) is 0. The zero-order chi connectivity index (χ0) is 10.2. The molecule has 14 heavy (non-hydrogen) atoms. The Balaban J connectivity index is 2.28. The van der Waals surface area contributed by atoms with Gasteiger partial charge in [-0.15, -0.1) is 0 Å². The molecule has 0 aromatic heterocycles. The summed E-state index contributed by atoms with van der Waals surface area (Å²) in [5.41, 5.74) is 7.99. The van der Waals surface area contributed by atoms with E-state index in [9.17, 15) is 0 Å². The Kier molecular flexibility index (Phi) is 1.95. The van der Waals surface area contributed by atoms with Crippen molar-refractivity contribution >= 4 is 5.96 Å². The molecule has 74 valence electrons. The summed E-state index contributed by atoms with van der Waals surface area (Å²) in [5.74, 6) is 0.535. The van der Waals surface area contributed by atoms with E-state index in [0.29, 0.717) is 12.5 Å². The van der Waals surface area contributed by atoms with Crippen molar-refractivity contribution in [3.63, 3.8) is 0 Å². The Labute approximate surface area is 84.0 Å². The number of aryl methyl sites for hydroxylation is 1. The van der Waals surface area contributed by atoms with Crippen LogP contribution in [0.1, 0.15) is 18.1 Å². The second-order valence-electron chi connectivity index (χ2n) is 4.02. The predicted molar refractivity (Wildman–Crippen MR) is 58.2 cm³/mol. The van der Waals surface area contributed by atoms with Crippen molar-refractivity contribution in [2.45, 2.75) is 19.4 Å². The minimum absolute atomic E-state index is 0.127. The van der Waals surface area contributed by atoms with Crippen LogP contribution in [-0.2, 0) is 5.54 Å². The fourth-order valence-electron chi connectivity index (χ4n) is 1.69. The molecule has 1 heterocycles. The lowest BCUT2D eigenvalue weighted by Crippen LogP contribution is -2.42. The molecule has 0 bridgehead atoms. The van der Waals surface area contributed by atoms with Gasteiger partial charge >= 0.3 is 0 Å². The van der Waals surface area contributed by atoms with Gasteiger partial charge in [-0.1, -0.05) is 29.8 Å². The number of benzene rings is 1. The van der Waals surface area contributed by atoms with Gasteiger partial charge in [0.1, 0.15) is 0 Å². The van der Waals surface area contributed by atoms with Crippen LogP contribution >= 0.6 is 0 Å². The maximum absolute atomic E-state index is 5.62. The van der Waals surface area contributed by atoms with Crippen molar-refractivity contribution in [1.82, 2.24) is 5.32 Å². The van der Waals surface area contributed by atoms with Crippen LogP contribution in [-0.4, -0.2) is 12.5 Å². The van der Waals surface area contributed by atoms with Gasteiger partial charge in [0.05, 0.1) is 12.1 Å². The van der Waals surface area contributed by atoms with Gasteiger partial charge in [0, 0.05) is 0 Å². The molecule has 2 rings (SSSR count). The van der Waals surface area contributed by atoms with Gasteiger partial charge in [-0.05, 0) is 19.4 Å². The summed E-state index contributed by atoms with van der Waals surface area (Å²) in [7, 11) is 0. The summed E-state index contributed by atoms with van der Waals surface area (Å²) in [5, 5.41) is 3.19. The molecular weight excluding hydrogens is 174 g/mol. The van der Waals surface area contributed by atoms with Crippen molar-refractivity contribution < 1.29 is 0 Å². The Bertz CT molecular complexity index is 367. The largest absolute Gasteiger partial charge is 0.370 e. The summed E-state index contributed by atoms with van der Waals surface area (Å²) >= 11 is 0. The quantitative estimate of drug-likeness (QED) is 0.695. The minimum atomic E-state index is -0.127. The van der Waals surface area contributed by atoms with Gasteiger partial charge < -0.3 is 11.1 Å². The Morgan fingerprint density at radius 2 is 2.00 bits per heavy atom. The number of nitrogens with zero attached hydrogens (tertiary/aromatic N) is 1. The SMILES string of the molecule is Cc1ccc(C2(C)CN=C(N)N2)cc1. The molecule has 3 heteroatoms. The van der Waals surface area contributed by atoms with Crippen LogP contribution < -0.4 is 11.1 Å². The van der Waals surface area contributed by atoms with Gasteiger partial charge in [-0.3, -0.25) is 4.99 Å². The number of nitrogens with two attached hydrogens (primary N) is 1. The topological polar surface area (TPSA) is 50.4 Å². The van der Waals surface area contributed by atoms with Crippen molar-refractivity contribution in [2.24, 2.45) is 10.7 Å². The lowest BCUT2D eigenvalue weighted by atomic mass is 9.92. The first kappa shape index (κ1) is 9.06. The molecule has 0 aliphatic carbocycles. The molecule has 0 fully saturated rings. The van der Waals surface area contributed by atoms with Crippen LogP contribution in [0.15, 0.2) is 29.3 Å².